The maximum atomic E-state index is 11.5. The maximum absolute atomic E-state index is 11.5. The van der Waals surface area contributed by atoms with Gasteiger partial charge in [-0.15, -0.1) is 0 Å². The summed E-state index contributed by atoms with van der Waals surface area (Å²) in [7, 11) is 0. The number of carbonyl (C=O) groups excluding carboxylic acids is 1. The summed E-state index contributed by atoms with van der Waals surface area (Å²) < 4.78 is 4.90. The van der Waals surface area contributed by atoms with Crippen LogP contribution in [0.4, 0.5) is 0 Å². The Morgan fingerprint density at radius 3 is 2.67 bits per heavy atom. The van der Waals surface area contributed by atoms with Crippen LogP contribution >= 0.6 is 11.8 Å². The van der Waals surface area contributed by atoms with Gasteiger partial charge in [-0.1, -0.05) is 48.7 Å². The van der Waals surface area contributed by atoms with Crippen molar-refractivity contribution in [2.24, 2.45) is 0 Å². The zero-order valence-corrected chi connectivity index (χ0v) is 11.0. The zero-order valence-electron chi connectivity index (χ0n) is 10.2. The Kier molecular flexibility index (Phi) is 4.05. The molecular weight excluding hydrogens is 244 g/mol. The fraction of sp³-hybridized carbons (Fsp3) is 0.133. The van der Waals surface area contributed by atoms with Gasteiger partial charge in [0.15, 0.2) is 0 Å². The van der Waals surface area contributed by atoms with Crippen molar-refractivity contribution < 1.29 is 9.53 Å². The lowest BCUT2D eigenvalue weighted by Gasteiger charge is -2.06. The van der Waals surface area contributed by atoms with Crippen molar-refractivity contribution in [3.63, 3.8) is 0 Å². The molecule has 0 amide bonds. The van der Waals surface area contributed by atoms with Gasteiger partial charge in [-0.25, -0.2) is 4.79 Å². The molecule has 0 aliphatic heterocycles. The van der Waals surface area contributed by atoms with E-state index in [9.17, 15) is 4.79 Å². The highest BCUT2D eigenvalue weighted by atomic mass is 32.2. The number of carbonyl (C=O) groups is 1. The second-order valence-corrected chi connectivity index (χ2v) is 4.92. The van der Waals surface area contributed by atoms with E-state index in [1.165, 1.54) is 17.1 Å². The molecule has 0 saturated carbocycles. The van der Waals surface area contributed by atoms with Crippen LogP contribution in [0.15, 0.2) is 58.8 Å². The fourth-order valence-corrected chi connectivity index (χ4v) is 2.38. The van der Waals surface area contributed by atoms with E-state index in [0.29, 0.717) is 11.5 Å². The van der Waals surface area contributed by atoms with Gasteiger partial charge in [-0.05, 0) is 29.8 Å². The number of hydrogen-bond acceptors (Lipinski definition) is 3. The highest BCUT2D eigenvalue weighted by Crippen LogP contribution is 2.29. The van der Waals surface area contributed by atoms with Crippen molar-refractivity contribution in [2.45, 2.75) is 11.8 Å². The van der Waals surface area contributed by atoms with E-state index in [1.807, 2.05) is 36.4 Å². The number of rotatable bonds is 4. The van der Waals surface area contributed by atoms with Gasteiger partial charge in [0.2, 0.25) is 0 Å². The summed E-state index contributed by atoms with van der Waals surface area (Å²) >= 11 is 1.34. The number of thioether (sulfide) groups is 1. The van der Waals surface area contributed by atoms with Crippen LogP contribution in [0.25, 0.3) is 10.8 Å². The Bertz CT molecular complexity index is 590. The largest absolute Gasteiger partial charge is 0.462 e. The van der Waals surface area contributed by atoms with Crippen molar-refractivity contribution in [1.82, 2.24) is 0 Å². The molecule has 0 atom stereocenters. The minimum Gasteiger partial charge on any atom is -0.462 e. The number of fused-ring (bicyclic) bond motifs is 1. The molecule has 0 spiro atoms. The summed E-state index contributed by atoms with van der Waals surface area (Å²) in [4.78, 5) is 12.9. The van der Waals surface area contributed by atoms with Crippen LogP contribution in [0.2, 0.25) is 0 Å². The topological polar surface area (TPSA) is 26.3 Å². The molecule has 3 heteroatoms. The first kappa shape index (κ1) is 12.7. The third-order valence-electron chi connectivity index (χ3n) is 2.47. The van der Waals surface area contributed by atoms with Crippen LogP contribution in [0.3, 0.4) is 0 Å². The lowest BCUT2D eigenvalue weighted by Crippen LogP contribution is -2.03. The summed E-state index contributed by atoms with van der Waals surface area (Å²) in [5.41, 5.74) is 0. The third kappa shape index (κ3) is 2.93. The Labute approximate surface area is 111 Å². The van der Waals surface area contributed by atoms with Crippen LogP contribution < -0.4 is 0 Å². The van der Waals surface area contributed by atoms with Crippen molar-refractivity contribution in [3.05, 3.63) is 53.9 Å². The zero-order chi connectivity index (χ0) is 13.0. The van der Waals surface area contributed by atoms with Crippen molar-refractivity contribution in [3.8, 4) is 0 Å². The Balaban J connectivity index is 2.17. The van der Waals surface area contributed by atoms with Crippen LogP contribution in [0.5, 0.6) is 0 Å². The van der Waals surface area contributed by atoms with E-state index in [0.717, 1.165) is 10.3 Å². The first-order valence-electron chi connectivity index (χ1n) is 5.73. The van der Waals surface area contributed by atoms with Gasteiger partial charge in [-0.2, -0.15) is 0 Å². The van der Waals surface area contributed by atoms with E-state index in [2.05, 4.69) is 12.6 Å². The lowest BCUT2D eigenvalue weighted by molar-refractivity contribution is -0.137. The Morgan fingerprint density at radius 1 is 1.22 bits per heavy atom. The van der Waals surface area contributed by atoms with Gasteiger partial charge < -0.3 is 4.74 Å². The molecule has 2 rings (SSSR count). The molecule has 92 valence electrons. The van der Waals surface area contributed by atoms with E-state index in [4.69, 9.17) is 4.74 Å². The molecule has 2 aromatic rings. The van der Waals surface area contributed by atoms with Crippen LogP contribution in [0, 0.1) is 0 Å². The molecule has 2 aromatic carbocycles. The highest BCUT2D eigenvalue weighted by Gasteiger charge is 2.09. The second kappa shape index (κ2) is 5.74. The maximum Gasteiger partial charge on any atom is 0.344 e. The number of benzene rings is 2. The summed E-state index contributed by atoms with van der Waals surface area (Å²) in [6.45, 7) is 5.89. The van der Waals surface area contributed by atoms with Crippen molar-refractivity contribution in [1.29, 1.82) is 0 Å². The number of hydrogen-bond donors (Lipinski definition) is 0. The molecular formula is C15H14O2S. The Morgan fingerprint density at radius 2 is 1.94 bits per heavy atom. The minimum absolute atomic E-state index is 0.351. The van der Waals surface area contributed by atoms with Gasteiger partial charge in [-0.3, -0.25) is 0 Å². The minimum atomic E-state index is -0.351. The van der Waals surface area contributed by atoms with Crippen LogP contribution in [-0.2, 0) is 9.53 Å². The van der Waals surface area contributed by atoms with Gasteiger partial charge in [0.25, 0.3) is 0 Å². The molecule has 0 N–H and O–H groups in total. The second-order valence-electron chi connectivity index (χ2n) is 3.75. The van der Waals surface area contributed by atoms with Gasteiger partial charge in [0, 0.05) is 4.90 Å². The predicted molar refractivity (Wildman–Crippen MR) is 75.6 cm³/mol. The molecule has 0 bridgehead atoms. The summed E-state index contributed by atoms with van der Waals surface area (Å²) in [6, 6.07) is 14.2. The molecule has 0 aliphatic rings. The molecule has 0 unspecified atom stereocenters. The first-order chi connectivity index (χ1) is 8.70. The molecule has 0 fully saturated rings. The summed E-state index contributed by atoms with van der Waals surface area (Å²) in [5.74, 6) is -0.351. The van der Waals surface area contributed by atoms with Crippen LogP contribution in [0.1, 0.15) is 6.92 Å². The normalized spacial score (nSPS) is 10.3. The standard InChI is InChI=1S/C15H14O2S/c1-3-17-15(16)11(2)18-14-9-8-12-6-4-5-7-13(12)10-14/h4-10H,2-3H2,1H3. The lowest BCUT2D eigenvalue weighted by atomic mass is 10.1. The highest BCUT2D eigenvalue weighted by molar-refractivity contribution is 8.04. The van der Waals surface area contributed by atoms with Gasteiger partial charge >= 0.3 is 5.97 Å². The average Bonchev–Trinajstić information content (AvgIpc) is 2.39. The molecule has 0 saturated heterocycles. The van der Waals surface area contributed by atoms with E-state index >= 15 is 0 Å². The van der Waals surface area contributed by atoms with Crippen LogP contribution in [-0.4, -0.2) is 12.6 Å². The van der Waals surface area contributed by atoms with Gasteiger partial charge in [0.05, 0.1) is 11.5 Å². The average molecular weight is 258 g/mol. The number of ether oxygens (including phenoxy) is 1. The third-order valence-corrected chi connectivity index (χ3v) is 3.37. The van der Waals surface area contributed by atoms with Crippen molar-refractivity contribution >= 4 is 28.5 Å². The first-order valence-corrected chi connectivity index (χ1v) is 6.55. The molecule has 0 aliphatic carbocycles. The SMILES string of the molecule is C=C(Sc1ccc2ccccc2c1)C(=O)OCC. The van der Waals surface area contributed by atoms with E-state index < -0.39 is 0 Å². The summed E-state index contributed by atoms with van der Waals surface area (Å²) in [5, 5.41) is 2.34. The molecule has 2 nitrogen and oxygen atoms in total. The molecule has 0 radical (unpaired) electrons. The smallest absolute Gasteiger partial charge is 0.344 e. The quantitative estimate of drug-likeness (QED) is 0.471. The Hall–Kier alpha value is -1.74. The fourth-order valence-electron chi connectivity index (χ4n) is 1.63. The molecule has 0 heterocycles. The van der Waals surface area contributed by atoms with Gasteiger partial charge in [0.1, 0.15) is 0 Å². The predicted octanol–water partition coefficient (Wildman–Crippen LogP) is 4.01. The molecule has 0 aromatic heterocycles. The van der Waals surface area contributed by atoms with E-state index in [1.54, 1.807) is 6.92 Å². The molecule has 18 heavy (non-hydrogen) atoms. The monoisotopic (exact) mass is 258 g/mol. The number of esters is 1. The summed E-state index contributed by atoms with van der Waals surface area (Å²) in [6.07, 6.45) is 0. The van der Waals surface area contributed by atoms with E-state index in [-0.39, 0.29) is 5.97 Å². The van der Waals surface area contributed by atoms with Crippen molar-refractivity contribution in [2.75, 3.05) is 6.61 Å².